The van der Waals surface area contributed by atoms with Gasteiger partial charge < -0.3 is 14.4 Å². The standard InChI is InChI=1S/C12H18N2O4/c1-4-9-11(13-7-18-9)12(17)14(8(2)3)6-5-10(15)16/h7-8H,4-6H2,1-3H3,(H,15,16). The Balaban J connectivity index is 2.86. The third-order valence-electron chi connectivity index (χ3n) is 2.62. The first kappa shape index (κ1) is 14.2. The van der Waals surface area contributed by atoms with Gasteiger partial charge in [0.15, 0.2) is 12.1 Å². The predicted molar refractivity (Wildman–Crippen MR) is 64.3 cm³/mol. The minimum atomic E-state index is -0.927. The van der Waals surface area contributed by atoms with Crippen molar-refractivity contribution in [1.82, 2.24) is 9.88 Å². The molecule has 0 saturated carbocycles. The highest BCUT2D eigenvalue weighted by molar-refractivity contribution is 5.93. The molecule has 0 radical (unpaired) electrons. The topological polar surface area (TPSA) is 83.6 Å². The number of carboxylic acids is 1. The lowest BCUT2D eigenvalue weighted by Gasteiger charge is -2.25. The quantitative estimate of drug-likeness (QED) is 0.832. The molecule has 1 aromatic rings. The van der Waals surface area contributed by atoms with Gasteiger partial charge in [0.1, 0.15) is 5.76 Å². The van der Waals surface area contributed by atoms with Crippen LogP contribution < -0.4 is 0 Å². The van der Waals surface area contributed by atoms with Crippen LogP contribution in [0.2, 0.25) is 0 Å². The largest absolute Gasteiger partial charge is 0.481 e. The molecule has 1 aromatic heterocycles. The van der Waals surface area contributed by atoms with Crippen LogP contribution in [0.1, 0.15) is 43.4 Å². The van der Waals surface area contributed by atoms with Crippen LogP contribution in [0, 0.1) is 0 Å². The molecule has 100 valence electrons. The monoisotopic (exact) mass is 254 g/mol. The molecule has 1 N–H and O–H groups in total. The van der Waals surface area contributed by atoms with Gasteiger partial charge in [0.05, 0.1) is 6.42 Å². The normalized spacial score (nSPS) is 10.7. The molecule has 1 heterocycles. The Hall–Kier alpha value is -1.85. The first-order chi connectivity index (χ1) is 8.47. The molecule has 6 heteroatoms. The summed E-state index contributed by atoms with van der Waals surface area (Å²) in [6, 6.07) is -0.0849. The third kappa shape index (κ3) is 3.32. The number of rotatable bonds is 6. The van der Waals surface area contributed by atoms with Crippen molar-refractivity contribution in [3.63, 3.8) is 0 Å². The van der Waals surface area contributed by atoms with Crippen LogP contribution in [0.3, 0.4) is 0 Å². The van der Waals surface area contributed by atoms with Crippen molar-refractivity contribution in [1.29, 1.82) is 0 Å². The van der Waals surface area contributed by atoms with Crippen LogP contribution in [-0.2, 0) is 11.2 Å². The van der Waals surface area contributed by atoms with Crippen molar-refractivity contribution in [2.75, 3.05) is 6.54 Å². The zero-order valence-corrected chi connectivity index (χ0v) is 10.8. The zero-order chi connectivity index (χ0) is 13.7. The number of hydrogen-bond acceptors (Lipinski definition) is 4. The summed E-state index contributed by atoms with van der Waals surface area (Å²) in [5, 5.41) is 8.69. The number of oxazole rings is 1. The van der Waals surface area contributed by atoms with E-state index in [0.717, 1.165) is 0 Å². The molecule has 0 bridgehead atoms. The predicted octanol–water partition coefficient (Wildman–Crippen LogP) is 1.56. The maximum atomic E-state index is 12.3. The fourth-order valence-corrected chi connectivity index (χ4v) is 1.64. The number of carbonyl (C=O) groups is 2. The van der Waals surface area contributed by atoms with Crippen LogP contribution in [0.4, 0.5) is 0 Å². The average Bonchev–Trinajstić information content (AvgIpc) is 2.75. The van der Waals surface area contributed by atoms with E-state index in [1.54, 1.807) is 0 Å². The first-order valence-corrected chi connectivity index (χ1v) is 5.92. The van der Waals surface area contributed by atoms with E-state index in [2.05, 4.69) is 4.98 Å². The lowest BCUT2D eigenvalue weighted by molar-refractivity contribution is -0.137. The van der Waals surface area contributed by atoms with E-state index in [9.17, 15) is 9.59 Å². The number of aryl methyl sites for hydroxylation is 1. The fraction of sp³-hybridized carbons (Fsp3) is 0.583. The van der Waals surface area contributed by atoms with E-state index in [4.69, 9.17) is 9.52 Å². The smallest absolute Gasteiger partial charge is 0.305 e. The third-order valence-corrected chi connectivity index (χ3v) is 2.62. The molecule has 0 saturated heterocycles. The van der Waals surface area contributed by atoms with E-state index in [1.807, 2.05) is 20.8 Å². The van der Waals surface area contributed by atoms with Gasteiger partial charge in [-0.2, -0.15) is 0 Å². The van der Waals surface area contributed by atoms with Crippen molar-refractivity contribution in [2.45, 2.75) is 39.7 Å². The van der Waals surface area contributed by atoms with Gasteiger partial charge in [0, 0.05) is 19.0 Å². The number of aliphatic carboxylic acids is 1. The Morgan fingerprint density at radius 2 is 2.17 bits per heavy atom. The Kier molecular flexibility index (Phi) is 4.88. The lowest BCUT2D eigenvalue weighted by atomic mass is 10.2. The highest BCUT2D eigenvalue weighted by Gasteiger charge is 2.24. The highest BCUT2D eigenvalue weighted by atomic mass is 16.4. The van der Waals surface area contributed by atoms with Gasteiger partial charge in [0.2, 0.25) is 0 Å². The van der Waals surface area contributed by atoms with Gasteiger partial charge in [-0.15, -0.1) is 0 Å². The minimum Gasteiger partial charge on any atom is -0.481 e. The van der Waals surface area contributed by atoms with Crippen LogP contribution in [-0.4, -0.2) is 39.5 Å². The summed E-state index contributed by atoms with van der Waals surface area (Å²) < 4.78 is 5.12. The van der Waals surface area contributed by atoms with Crippen LogP contribution >= 0.6 is 0 Å². The molecule has 1 amide bonds. The molecule has 0 fully saturated rings. The second kappa shape index (κ2) is 6.18. The molecule has 0 unspecified atom stereocenters. The van der Waals surface area contributed by atoms with E-state index in [0.29, 0.717) is 12.2 Å². The summed E-state index contributed by atoms with van der Waals surface area (Å²) in [5.41, 5.74) is 0.275. The molecule has 0 aliphatic carbocycles. The number of hydrogen-bond donors (Lipinski definition) is 1. The van der Waals surface area contributed by atoms with Crippen LogP contribution in [0.15, 0.2) is 10.8 Å². The molecular weight excluding hydrogens is 236 g/mol. The van der Waals surface area contributed by atoms with Crippen molar-refractivity contribution < 1.29 is 19.1 Å². The lowest BCUT2D eigenvalue weighted by Crippen LogP contribution is -2.39. The zero-order valence-electron chi connectivity index (χ0n) is 10.8. The Morgan fingerprint density at radius 3 is 2.67 bits per heavy atom. The summed E-state index contributed by atoms with van der Waals surface area (Å²) in [7, 11) is 0. The summed E-state index contributed by atoms with van der Waals surface area (Å²) in [6.45, 7) is 5.72. The molecule has 1 rings (SSSR count). The van der Waals surface area contributed by atoms with Crippen molar-refractivity contribution in [3.05, 3.63) is 17.8 Å². The van der Waals surface area contributed by atoms with E-state index < -0.39 is 5.97 Å². The number of nitrogens with zero attached hydrogens (tertiary/aromatic N) is 2. The van der Waals surface area contributed by atoms with Gasteiger partial charge in [-0.25, -0.2) is 4.98 Å². The molecule has 18 heavy (non-hydrogen) atoms. The van der Waals surface area contributed by atoms with Crippen molar-refractivity contribution in [2.24, 2.45) is 0 Å². The number of carboxylic acid groups (broad SMARTS) is 1. The molecule has 0 aliphatic heterocycles. The fourth-order valence-electron chi connectivity index (χ4n) is 1.64. The molecule has 0 aromatic carbocycles. The Labute approximate surface area is 106 Å². The number of amides is 1. The Morgan fingerprint density at radius 1 is 1.50 bits per heavy atom. The maximum Gasteiger partial charge on any atom is 0.305 e. The van der Waals surface area contributed by atoms with Crippen molar-refractivity contribution in [3.8, 4) is 0 Å². The van der Waals surface area contributed by atoms with Gasteiger partial charge in [0.25, 0.3) is 5.91 Å². The highest BCUT2D eigenvalue weighted by Crippen LogP contribution is 2.13. The first-order valence-electron chi connectivity index (χ1n) is 5.92. The maximum absolute atomic E-state index is 12.3. The summed E-state index contributed by atoms with van der Waals surface area (Å²) in [6.07, 6.45) is 1.73. The second-order valence-electron chi connectivity index (χ2n) is 4.21. The van der Waals surface area contributed by atoms with Gasteiger partial charge in [-0.1, -0.05) is 6.92 Å². The Bertz CT molecular complexity index is 425. The minimum absolute atomic E-state index is 0.0801. The average molecular weight is 254 g/mol. The molecular formula is C12H18N2O4. The second-order valence-corrected chi connectivity index (χ2v) is 4.21. The van der Waals surface area contributed by atoms with Crippen molar-refractivity contribution >= 4 is 11.9 Å². The van der Waals surface area contributed by atoms with E-state index >= 15 is 0 Å². The van der Waals surface area contributed by atoms with Crippen LogP contribution in [0.25, 0.3) is 0 Å². The van der Waals surface area contributed by atoms with E-state index in [-0.39, 0.29) is 30.6 Å². The van der Waals surface area contributed by atoms with Crippen LogP contribution in [0.5, 0.6) is 0 Å². The number of carbonyl (C=O) groups excluding carboxylic acids is 1. The molecule has 6 nitrogen and oxygen atoms in total. The van der Waals surface area contributed by atoms with Gasteiger partial charge in [-0.05, 0) is 13.8 Å². The van der Waals surface area contributed by atoms with E-state index in [1.165, 1.54) is 11.3 Å². The summed E-state index contributed by atoms with van der Waals surface area (Å²) in [4.78, 5) is 28.2. The summed E-state index contributed by atoms with van der Waals surface area (Å²) in [5.74, 6) is -0.679. The summed E-state index contributed by atoms with van der Waals surface area (Å²) >= 11 is 0. The van der Waals surface area contributed by atoms with Gasteiger partial charge in [-0.3, -0.25) is 9.59 Å². The molecule has 0 aliphatic rings. The molecule has 0 atom stereocenters. The molecule has 0 spiro atoms. The van der Waals surface area contributed by atoms with Gasteiger partial charge >= 0.3 is 5.97 Å². The number of aromatic nitrogens is 1. The SMILES string of the molecule is CCc1ocnc1C(=O)N(CCC(=O)O)C(C)C.